The van der Waals surface area contributed by atoms with E-state index in [0.29, 0.717) is 19.3 Å². The Morgan fingerprint density at radius 3 is 2.40 bits per heavy atom. The van der Waals surface area contributed by atoms with Crippen molar-refractivity contribution in [2.45, 2.75) is 38.4 Å². The van der Waals surface area contributed by atoms with Crippen molar-refractivity contribution in [1.82, 2.24) is 14.8 Å². The Hall–Kier alpha value is -3.51. The third kappa shape index (κ3) is 6.97. The summed E-state index contributed by atoms with van der Waals surface area (Å²) in [6.45, 7) is 7.10. The number of fused-ring (bicyclic) bond motifs is 3. The maximum Gasteiger partial charge on any atom is 0.122 e. The van der Waals surface area contributed by atoms with Crippen molar-refractivity contribution >= 4 is 0 Å². The van der Waals surface area contributed by atoms with Gasteiger partial charge in [-0.1, -0.05) is 60.7 Å². The van der Waals surface area contributed by atoms with E-state index in [1.54, 1.807) is 0 Å². The van der Waals surface area contributed by atoms with Crippen LogP contribution in [0.15, 0.2) is 97.3 Å². The molecule has 1 fully saturated rings. The van der Waals surface area contributed by atoms with Crippen molar-refractivity contribution in [2.75, 3.05) is 39.5 Å². The number of hydrogen-bond acceptors (Lipinski definition) is 5. The Labute approximate surface area is 238 Å². The summed E-state index contributed by atoms with van der Waals surface area (Å²) >= 11 is 0. The molecule has 2 aliphatic rings. The first-order valence-corrected chi connectivity index (χ1v) is 14.6. The molecule has 0 amide bonds. The fourth-order valence-electron chi connectivity index (χ4n) is 6.04. The van der Waals surface area contributed by atoms with E-state index in [0.717, 1.165) is 51.5 Å². The summed E-state index contributed by atoms with van der Waals surface area (Å²) in [5, 5.41) is 0. The highest BCUT2D eigenvalue weighted by Crippen LogP contribution is 2.29. The number of benzene rings is 3. The summed E-state index contributed by atoms with van der Waals surface area (Å²) in [5.74, 6) is 0.938. The predicted octanol–water partition coefficient (Wildman–Crippen LogP) is 6.22. The van der Waals surface area contributed by atoms with Gasteiger partial charge in [0, 0.05) is 44.5 Å². The van der Waals surface area contributed by atoms with Crippen LogP contribution >= 0.6 is 0 Å². The van der Waals surface area contributed by atoms with Gasteiger partial charge in [-0.05, 0) is 83.6 Å². The van der Waals surface area contributed by atoms with Crippen LogP contribution in [0.1, 0.15) is 35.1 Å². The molecule has 0 spiro atoms. The van der Waals surface area contributed by atoms with Crippen molar-refractivity contribution in [3.63, 3.8) is 0 Å². The van der Waals surface area contributed by atoms with Crippen molar-refractivity contribution in [3.05, 3.63) is 120 Å². The van der Waals surface area contributed by atoms with Gasteiger partial charge in [-0.3, -0.25) is 14.8 Å². The highest BCUT2D eigenvalue weighted by atomic mass is 16.5. The SMILES string of the molecule is c1ccc(CN2CCC(N3CCOCCOc4ccc(-c5ccncc5)cc4Cc4cccc(c4)C3)CC2)cc1. The predicted molar refractivity (Wildman–Crippen MR) is 160 cm³/mol. The monoisotopic (exact) mass is 533 g/mol. The number of hydrogen-bond donors (Lipinski definition) is 0. The van der Waals surface area contributed by atoms with Gasteiger partial charge in [0.1, 0.15) is 12.4 Å². The van der Waals surface area contributed by atoms with Crippen molar-refractivity contribution in [2.24, 2.45) is 0 Å². The van der Waals surface area contributed by atoms with Crippen molar-refractivity contribution < 1.29 is 9.47 Å². The fourth-order valence-corrected chi connectivity index (χ4v) is 6.04. The van der Waals surface area contributed by atoms with Gasteiger partial charge in [-0.2, -0.15) is 0 Å². The van der Waals surface area contributed by atoms with Crippen LogP contribution in [0.5, 0.6) is 5.75 Å². The van der Waals surface area contributed by atoms with E-state index in [1.165, 1.54) is 46.2 Å². The minimum atomic E-state index is 0.555. The maximum atomic E-state index is 6.24. The number of nitrogens with zero attached hydrogens (tertiary/aromatic N) is 3. The molecule has 0 radical (unpaired) electrons. The molecule has 206 valence electrons. The van der Waals surface area contributed by atoms with E-state index < -0.39 is 0 Å². The molecule has 3 aromatic carbocycles. The molecule has 2 aliphatic heterocycles. The Bertz CT molecular complexity index is 1350. The minimum Gasteiger partial charge on any atom is -0.491 e. The summed E-state index contributed by atoms with van der Waals surface area (Å²) in [7, 11) is 0. The molecule has 2 bridgehead atoms. The van der Waals surface area contributed by atoms with Crippen LogP contribution in [0.2, 0.25) is 0 Å². The largest absolute Gasteiger partial charge is 0.491 e. The molecule has 0 N–H and O–H groups in total. The van der Waals surface area contributed by atoms with Gasteiger partial charge in [0.05, 0.1) is 13.2 Å². The van der Waals surface area contributed by atoms with Gasteiger partial charge in [0.15, 0.2) is 0 Å². The summed E-state index contributed by atoms with van der Waals surface area (Å²) in [5.41, 5.74) is 7.64. The molecule has 0 atom stereocenters. The van der Waals surface area contributed by atoms with Gasteiger partial charge >= 0.3 is 0 Å². The summed E-state index contributed by atoms with van der Waals surface area (Å²) < 4.78 is 12.3. The molecule has 3 heterocycles. The Balaban J connectivity index is 1.17. The lowest BCUT2D eigenvalue weighted by atomic mass is 9.97. The lowest BCUT2D eigenvalue weighted by Gasteiger charge is -2.38. The smallest absolute Gasteiger partial charge is 0.122 e. The third-order valence-electron chi connectivity index (χ3n) is 8.18. The Morgan fingerprint density at radius 2 is 1.55 bits per heavy atom. The van der Waals surface area contributed by atoms with Crippen LogP contribution in [0.25, 0.3) is 11.1 Å². The lowest BCUT2D eigenvalue weighted by molar-refractivity contribution is 0.0465. The highest BCUT2D eigenvalue weighted by molar-refractivity contribution is 5.65. The summed E-state index contributed by atoms with van der Waals surface area (Å²) in [6.07, 6.45) is 6.91. The van der Waals surface area contributed by atoms with Gasteiger partial charge in [0.2, 0.25) is 0 Å². The van der Waals surface area contributed by atoms with E-state index in [2.05, 4.69) is 99.7 Å². The van der Waals surface area contributed by atoms with Gasteiger partial charge in [-0.25, -0.2) is 0 Å². The number of aromatic nitrogens is 1. The number of pyridine rings is 1. The molecule has 5 nitrogen and oxygen atoms in total. The second-order valence-corrected chi connectivity index (χ2v) is 11.0. The topological polar surface area (TPSA) is 37.8 Å². The molecular weight excluding hydrogens is 494 g/mol. The lowest BCUT2D eigenvalue weighted by Crippen LogP contribution is -2.45. The van der Waals surface area contributed by atoms with E-state index in [9.17, 15) is 0 Å². The maximum absolute atomic E-state index is 6.24. The normalized spacial score (nSPS) is 17.9. The van der Waals surface area contributed by atoms with Crippen LogP contribution in [-0.2, 0) is 24.2 Å². The van der Waals surface area contributed by atoms with Crippen LogP contribution in [0.4, 0.5) is 0 Å². The standard InChI is InChI=1S/C35H39N3O2/c1-2-5-28(6-3-1)26-37-17-13-34(14-18-37)38-19-20-39-21-22-40-35-10-9-32(31-11-15-36-16-12-31)25-33(35)24-29-7-4-8-30(23-29)27-38/h1-12,15-16,23,25,34H,13-14,17-22,24,26-27H2. The Morgan fingerprint density at radius 1 is 0.725 bits per heavy atom. The van der Waals surface area contributed by atoms with E-state index >= 15 is 0 Å². The van der Waals surface area contributed by atoms with Gasteiger partial charge in [0.25, 0.3) is 0 Å². The third-order valence-corrected chi connectivity index (χ3v) is 8.18. The molecule has 0 saturated carbocycles. The molecule has 0 aliphatic carbocycles. The molecule has 40 heavy (non-hydrogen) atoms. The molecule has 4 aromatic rings. The van der Waals surface area contributed by atoms with Crippen molar-refractivity contribution in [3.8, 4) is 16.9 Å². The summed E-state index contributed by atoms with van der Waals surface area (Å²) in [4.78, 5) is 9.43. The second kappa shape index (κ2) is 13.2. The minimum absolute atomic E-state index is 0.555. The number of rotatable bonds is 4. The number of ether oxygens (including phenoxy) is 2. The molecule has 6 rings (SSSR count). The van der Waals surface area contributed by atoms with E-state index in [-0.39, 0.29) is 0 Å². The average Bonchev–Trinajstić information content (AvgIpc) is 3.00. The van der Waals surface area contributed by atoms with Crippen LogP contribution in [0.3, 0.4) is 0 Å². The first-order valence-electron chi connectivity index (χ1n) is 14.6. The zero-order chi connectivity index (χ0) is 27.0. The van der Waals surface area contributed by atoms with Crippen LogP contribution in [0, 0.1) is 0 Å². The second-order valence-electron chi connectivity index (χ2n) is 11.0. The number of likely N-dealkylation sites (tertiary alicyclic amines) is 1. The fraction of sp³-hybridized carbons (Fsp3) is 0.343. The van der Waals surface area contributed by atoms with Gasteiger partial charge in [-0.15, -0.1) is 0 Å². The van der Waals surface area contributed by atoms with E-state index in [1.807, 2.05) is 12.4 Å². The highest BCUT2D eigenvalue weighted by Gasteiger charge is 2.25. The zero-order valence-corrected chi connectivity index (χ0v) is 23.3. The van der Waals surface area contributed by atoms with Crippen LogP contribution < -0.4 is 4.74 Å². The zero-order valence-electron chi connectivity index (χ0n) is 23.3. The quantitative estimate of drug-likeness (QED) is 0.312. The Kier molecular flexibility index (Phi) is 8.83. The van der Waals surface area contributed by atoms with Crippen molar-refractivity contribution in [1.29, 1.82) is 0 Å². The molecule has 1 aromatic heterocycles. The summed E-state index contributed by atoms with van der Waals surface area (Å²) in [6, 6.07) is 31.1. The first-order chi connectivity index (χ1) is 19.8. The van der Waals surface area contributed by atoms with E-state index in [4.69, 9.17) is 9.47 Å². The van der Waals surface area contributed by atoms with Gasteiger partial charge < -0.3 is 9.47 Å². The first kappa shape index (κ1) is 26.7. The molecule has 0 unspecified atom stereocenters. The average molecular weight is 534 g/mol. The molecule has 5 heteroatoms. The number of piperidine rings is 1. The molecule has 1 saturated heterocycles. The molecular formula is C35H39N3O2. The van der Waals surface area contributed by atoms with Crippen LogP contribution in [-0.4, -0.2) is 60.3 Å².